The van der Waals surface area contributed by atoms with Crippen LogP contribution in [0.2, 0.25) is 0 Å². The van der Waals surface area contributed by atoms with Crippen LogP contribution in [0.3, 0.4) is 0 Å². The van der Waals surface area contributed by atoms with Crippen LogP contribution in [-0.4, -0.2) is 66.2 Å². The van der Waals surface area contributed by atoms with E-state index in [1.54, 1.807) is 31.3 Å². The van der Waals surface area contributed by atoms with Gasteiger partial charge in [-0.1, -0.05) is 66.7 Å². The third kappa shape index (κ3) is 6.58. The highest BCUT2D eigenvalue weighted by atomic mass is 16.2. The molecule has 45 heavy (non-hydrogen) atoms. The van der Waals surface area contributed by atoms with Crippen LogP contribution in [0.1, 0.15) is 51.5 Å². The molecule has 3 aromatic rings. The zero-order chi connectivity index (χ0) is 32.2. The Balaban J connectivity index is 1.45. The highest BCUT2D eigenvalue weighted by molar-refractivity contribution is 5.96. The Morgan fingerprint density at radius 3 is 2.33 bits per heavy atom. The number of hydrogen-bond acceptors (Lipinski definition) is 6. The van der Waals surface area contributed by atoms with Gasteiger partial charge in [0.25, 0.3) is 0 Å². The van der Waals surface area contributed by atoms with Crippen molar-refractivity contribution in [2.24, 2.45) is 17.4 Å². The molecule has 3 aromatic carbocycles. The van der Waals surface area contributed by atoms with Crippen LogP contribution >= 0.6 is 0 Å². The highest BCUT2D eigenvalue weighted by Crippen LogP contribution is 2.39. The van der Waals surface area contributed by atoms with Crippen molar-refractivity contribution < 1.29 is 24.0 Å². The fourth-order valence-electron chi connectivity index (χ4n) is 6.28. The first kappa shape index (κ1) is 31.4. The van der Waals surface area contributed by atoms with Crippen molar-refractivity contribution in [1.82, 2.24) is 20.9 Å². The molecule has 1 aliphatic carbocycles. The number of hydrogen-bond donors (Lipinski definition) is 5. The summed E-state index contributed by atoms with van der Waals surface area (Å²) in [7, 11) is 1.57. The van der Waals surface area contributed by atoms with E-state index in [1.807, 2.05) is 54.6 Å². The quantitative estimate of drug-likeness (QED) is 0.228. The molecule has 11 nitrogen and oxygen atoms in total. The normalized spacial score (nSPS) is 21.4. The third-order valence-corrected chi connectivity index (χ3v) is 8.68. The molecule has 0 saturated carbocycles. The van der Waals surface area contributed by atoms with Crippen molar-refractivity contribution in [2.45, 2.75) is 49.9 Å². The molecular weight excluding hydrogens is 572 g/mol. The molecule has 234 valence electrons. The van der Waals surface area contributed by atoms with E-state index in [1.165, 1.54) is 11.8 Å². The molecule has 5 amide bonds. The van der Waals surface area contributed by atoms with Gasteiger partial charge in [-0.05, 0) is 47.7 Å². The Bertz CT molecular complexity index is 1610. The van der Waals surface area contributed by atoms with E-state index in [0.29, 0.717) is 12.0 Å². The summed E-state index contributed by atoms with van der Waals surface area (Å²) < 4.78 is 0. The van der Waals surface area contributed by atoms with E-state index < -0.39 is 53.7 Å². The fourth-order valence-corrected chi connectivity index (χ4v) is 6.28. The summed E-state index contributed by atoms with van der Waals surface area (Å²) in [5, 5.41) is 8.54. The molecule has 6 atom stereocenters. The molecule has 0 bridgehead atoms. The molecule has 5 rings (SSSR count). The molecule has 1 heterocycles. The number of nitrogens with zero attached hydrogens (tertiary/aromatic N) is 1. The first-order chi connectivity index (χ1) is 21.6. The van der Waals surface area contributed by atoms with Gasteiger partial charge in [0.05, 0.1) is 18.0 Å². The number of likely N-dealkylation sites (tertiary alicyclic amines) is 1. The number of rotatable bonds is 10. The number of primary amides is 1. The number of nitrogens with one attached hydrogen (secondary N) is 3. The van der Waals surface area contributed by atoms with Crippen molar-refractivity contribution in [3.8, 4) is 0 Å². The van der Waals surface area contributed by atoms with Crippen LogP contribution in [0.4, 0.5) is 0 Å². The molecule has 0 spiro atoms. The predicted octanol–water partition coefficient (Wildman–Crippen LogP) is 0.930. The van der Waals surface area contributed by atoms with E-state index in [9.17, 15) is 24.0 Å². The highest BCUT2D eigenvalue weighted by Gasteiger charge is 2.50. The van der Waals surface area contributed by atoms with E-state index in [-0.39, 0.29) is 30.4 Å². The molecule has 0 aromatic heterocycles. The summed E-state index contributed by atoms with van der Waals surface area (Å²) in [6.45, 7) is 1.76. The van der Waals surface area contributed by atoms with E-state index in [4.69, 9.17) is 11.5 Å². The average molecular weight is 611 g/mol. The van der Waals surface area contributed by atoms with Crippen LogP contribution in [-0.2, 0) is 32.0 Å². The molecule has 1 saturated heterocycles. The summed E-state index contributed by atoms with van der Waals surface area (Å²) in [6, 6.07) is 20.2. The minimum absolute atomic E-state index is 0.0496. The number of carbonyl (C=O) groups is 5. The summed E-state index contributed by atoms with van der Waals surface area (Å²) in [5.74, 6) is -3.01. The van der Waals surface area contributed by atoms with Crippen LogP contribution in [0, 0.1) is 5.92 Å². The standard InChI is InChI=1S/C34H38N6O5/c1-19(35)31(42)38-27(16-20-9-8-13-23(15-20)30(36)41)34(45)40-18-26(21-10-4-3-5-11-21)29(40)33(44)39-28-24-14-7-6-12-22(24)17-25(28)32(43)37-2/h3-15,19,25-29H,16-18,35H2,1-2H3,(H2,36,41)(H,37,43)(H,38,42)(H,39,44)/t19?,25-,26?,27?,28+,29?/m1/s1. The first-order valence-electron chi connectivity index (χ1n) is 15.0. The lowest BCUT2D eigenvalue weighted by molar-refractivity contribution is -0.152. The molecular formula is C34H38N6O5. The van der Waals surface area contributed by atoms with Gasteiger partial charge in [0.1, 0.15) is 12.1 Å². The van der Waals surface area contributed by atoms with Gasteiger partial charge in [-0.25, -0.2) is 0 Å². The summed E-state index contributed by atoms with van der Waals surface area (Å²) in [5.41, 5.74) is 14.9. The third-order valence-electron chi connectivity index (χ3n) is 8.68. The van der Waals surface area contributed by atoms with Gasteiger partial charge in [0.15, 0.2) is 0 Å². The van der Waals surface area contributed by atoms with Gasteiger partial charge in [0.2, 0.25) is 29.5 Å². The predicted molar refractivity (Wildman–Crippen MR) is 168 cm³/mol. The minimum atomic E-state index is -1.07. The van der Waals surface area contributed by atoms with Crippen molar-refractivity contribution in [3.05, 3.63) is 107 Å². The molecule has 1 fully saturated rings. The van der Waals surface area contributed by atoms with Crippen LogP contribution < -0.4 is 27.4 Å². The Labute approximate surface area is 261 Å². The van der Waals surface area contributed by atoms with Gasteiger partial charge in [0, 0.05) is 31.5 Å². The lowest BCUT2D eigenvalue weighted by Gasteiger charge is -2.48. The fraction of sp³-hybridized carbons (Fsp3) is 0.324. The van der Waals surface area contributed by atoms with Crippen LogP contribution in [0.25, 0.3) is 0 Å². The summed E-state index contributed by atoms with van der Waals surface area (Å²) >= 11 is 0. The summed E-state index contributed by atoms with van der Waals surface area (Å²) in [4.78, 5) is 67.2. The van der Waals surface area contributed by atoms with Crippen molar-refractivity contribution >= 4 is 29.5 Å². The van der Waals surface area contributed by atoms with Gasteiger partial charge in [-0.15, -0.1) is 0 Å². The van der Waals surface area contributed by atoms with E-state index in [2.05, 4.69) is 16.0 Å². The number of carbonyl (C=O) groups excluding carboxylic acids is 5. The molecule has 0 radical (unpaired) electrons. The van der Waals surface area contributed by atoms with Gasteiger partial charge >= 0.3 is 0 Å². The Morgan fingerprint density at radius 2 is 1.64 bits per heavy atom. The smallest absolute Gasteiger partial charge is 0.248 e. The maximum absolute atomic E-state index is 14.2. The first-order valence-corrected chi connectivity index (χ1v) is 15.0. The van der Waals surface area contributed by atoms with Gasteiger partial charge in [-0.2, -0.15) is 0 Å². The van der Waals surface area contributed by atoms with Crippen molar-refractivity contribution in [3.63, 3.8) is 0 Å². The minimum Gasteiger partial charge on any atom is -0.366 e. The van der Waals surface area contributed by atoms with Crippen LogP contribution in [0.5, 0.6) is 0 Å². The Kier molecular flexibility index (Phi) is 9.29. The lowest BCUT2D eigenvalue weighted by atomic mass is 9.80. The number of nitrogens with two attached hydrogens (primary N) is 2. The van der Waals surface area contributed by atoms with Gasteiger partial charge in [-0.3, -0.25) is 24.0 Å². The van der Waals surface area contributed by atoms with Crippen LogP contribution in [0.15, 0.2) is 78.9 Å². The SMILES string of the molecule is CNC(=O)[C@@H]1Cc2ccccc2[C@@H]1NC(=O)C1C(c2ccccc2)CN1C(=O)C(Cc1cccc(C(N)=O)c1)NC(=O)C(C)N. The lowest BCUT2D eigenvalue weighted by Crippen LogP contribution is -2.67. The molecule has 1 aliphatic heterocycles. The Hall–Kier alpha value is -5.03. The van der Waals surface area contributed by atoms with E-state index >= 15 is 0 Å². The van der Waals surface area contributed by atoms with Gasteiger partial charge < -0.3 is 32.3 Å². The second-order valence-corrected chi connectivity index (χ2v) is 11.7. The maximum atomic E-state index is 14.2. The molecule has 4 unspecified atom stereocenters. The zero-order valence-electron chi connectivity index (χ0n) is 25.2. The number of benzene rings is 3. The zero-order valence-corrected chi connectivity index (χ0v) is 25.2. The maximum Gasteiger partial charge on any atom is 0.248 e. The largest absolute Gasteiger partial charge is 0.366 e. The van der Waals surface area contributed by atoms with Crippen molar-refractivity contribution in [2.75, 3.05) is 13.6 Å². The summed E-state index contributed by atoms with van der Waals surface area (Å²) in [6.07, 6.45) is 0.528. The average Bonchev–Trinajstić information content (AvgIpc) is 3.38. The monoisotopic (exact) mass is 610 g/mol. The topological polar surface area (TPSA) is 177 Å². The second kappa shape index (κ2) is 13.3. The van der Waals surface area contributed by atoms with Crippen molar-refractivity contribution in [1.29, 1.82) is 0 Å². The number of amides is 5. The molecule has 11 heteroatoms. The number of fused-ring (bicyclic) bond motifs is 1. The molecule has 7 N–H and O–H groups in total. The Morgan fingerprint density at radius 1 is 0.933 bits per heavy atom. The second-order valence-electron chi connectivity index (χ2n) is 11.7. The van der Waals surface area contributed by atoms with E-state index in [0.717, 1.165) is 16.7 Å². The molecule has 2 aliphatic rings.